The first kappa shape index (κ1) is 28.7. The van der Waals surface area contributed by atoms with Gasteiger partial charge in [-0.3, -0.25) is 13.3 Å². The molecule has 4 aromatic rings. The van der Waals surface area contributed by atoms with Crippen molar-refractivity contribution in [3.05, 3.63) is 66.2 Å². The summed E-state index contributed by atoms with van der Waals surface area (Å²) in [6.45, 7) is 0.186. The average Bonchev–Trinajstić information content (AvgIpc) is 2.92. The van der Waals surface area contributed by atoms with Crippen molar-refractivity contribution in [3.8, 4) is 11.5 Å². The molecule has 12 nitrogen and oxygen atoms in total. The van der Waals surface area contributed by atoms with Gasteiger partial charge >= 0.3 is 0 Å². The van der Waals surface area contributed by atoms with Gasteiger partial charge in [-0.25, -0.2) is 9.97 Å². The number of nitrogens with one attached hydrogen (secondary N) is 2. The summed E-state index contributed by atoms with van der Waals surface area (Å²) in [7, 11) is 6.60. The Morgan fingerprint density at radius 2 is 1.62 bits per heavy atom. The summed E-state index contributed by atoms with van der Waals surface area (Å²) in [5.41, 5.74) is 8.68. The maximum absolute atomic E-state index is 12.8. The minimum Gasteiger partial charge on any atom is -0.755 e. The number of nitrogens with zero attached hydrogens (tertiary/aromatic N) is 4. The summed E-state index contributed by atoms with van der Waals surface area (Å²) in [6, 6.07) is 17.1. The van der Waals surface area contributed by atoms with Crippen LogP contribution >= 0.6 is 0 Å². The van der Waals surface area contributed by atoms with Gasteiger partial charge in [0.25, 0.3) is 0 Å². The third-order valence-corrected chi connectivity index (χ3v) is 6.44. The molecule has 0 aliphatic heterocycles. The van der Waals surface area contributed by atoms with Crippen molar-refractivity contribution in [2.75, 3.05) is 49.8 Å². The summed E-state index contributed by atoms with van der Waals surface area (Å²) in [5, 5.41) is 5.96. The van der Waals surface area contributed by atoms with Crippen LogP contribution in [0, 0.1) is 0 Å². The lowest BCUT2D eigenvalue weighted by atomic mass is 10.1. The Labute approximate surface area is 234 Å². The van der Waals surface area contributed by atoms with E-state index in [1.165, 1.54) is 14.2 Å². The predicted molar refractivity (Wildman–Crippen MR) is 155 cm³/mol. The summed E-state index contributed by atoms with van der Waals surface area (Å²) in [4.78, 5) is 23.5. The predicted octanol–water partition coefficient (Wildman–Crippen LogP) is 3.28. The lowest BCUT2D eigenvalue weighted by Gasteiger charge is -2.29. The second kappa shape index (κ2) is 12.7. The number of ether oxygens (including phenoxy) is 2. The molecule has 0 saturated carbocycles. The first-order valence-corrected chi connectivity index (χ1v) is 13.2. The highest BCUT2D eigenvalue weighted by molar-refractivity contribution is 7.81. The third-order valence-electron chi connectivity index (χ3n) is 5.78. The van der Waals surface area contributed by atoms with Gasteiger partial charge in [-0.2, -0.15) is 0 Å². The molecule has 0 aliphatic rings. The van der Waals surface area contributed by atoms with Crippen molar-refractivity contribution in [2.45, 2.75) is 6.54 Å². The fourth-order valence-electron chi connectivity index (χ4n) is 3.99. The van der Waals surface area contributed by atoms with Crippen molar-refractivity contribution >= 4 is 56.9 Å². The second-order valence-corrected chi connectivity index (χ2v) is 9.76. The van der Waals surface area contributed by atoms with Gasteiger partial charge in [-0.1, -0.05) is 18.2 Å². The normalized spacial score (nSPS) is 11.8. The average molecular weight is 565 g/mol. The molecule has 40 heavy (non-hydrogen) atoms. The fraction of sp³-hybridized carbons (Fsp3) is 0.222. The van der Waals surface area contributed by atoms with Crippen molar-refractivity contribution < 1.29 is 23.0 Å². The van der Waals surface area contributed by atoms with E-state index in [1.54, 1.807) is 73.6 Å². The first-order chi connectivity index (χ1) is 19.2. The maximum atomic E-state index is 12.8. The Morgan fingerprint density at radius 1 is 0.975 bits per heavy atom. The largest absolute Gasteiger partial charge is 0.755 e. The van der Waals surface area contributed by atoms with Crippen LogP contribution in [0.2, 0.25) is 0 Å². The molecule has 1 atom stereocenters. The Hall–Kier alpha value is -4.30. The fourth-order valence-corrected chi connectivity index (χ4v) is 4.59. The SMILES string of the molecule is COc1cc(Nc2nc3ccccc3nc2N(c2cc(NC(=O)CN(C)C)ccc2CN)S(=O)[O-])cc(OC)c1. The van der Waals surface area contributed by atoms with Crippen molar-refractivity contribution in [2.24, 2.45) is 5.73 Å². The lowest BCUT2D eigenvalue weighted by molar-refractivity contribution is -0.116. The summed E-state index contributed by atoms with van der Waals surface area (Å²) in [6.07, 6.45) is 0. The molecule has 13 heteroatoms. The zero-order chi connectivity index (χ0) is 28.8. The minimum atomic E-state index is -2.86. The number of nitrogens with two attached hydrogens (primary N) is 1. The number of anilines is 5. The van der Waals surface area contributed by atoms with Crippen LogP contribution in [0.5, 0.6) is 11.5 Å². The van der Waals surface area contributed by atoms with E-state index in [0.717, 1.165) is 4.31 Å². The van der Waals surface area contributed by atoms with Crippen molar-refractivity contribution in [3.63, 3.8) is 0 Å². The number of benzene rings is 3. The number of hydrogen-bond donors (Lipinski definition) is 3. The lowest BCUT2D eigenvalue weighted by Crippen LogP contribution is -2.27. The molecule has 0 bridgehead atoms. The second-order valence-electron chi connectivity index (χ2n) is 8.96. The van der Waals surface area contributed by atoms with Crippen LogP contribution in [-0.4, -0.2) is 64.4 Å². The van der Waals surface area contributed by atoms with Gasteiger partial charge in [0.05, 0.1) is 48.8 Å². The molecule has 3 aromatic carbocycles. The first-order valence-electron chi connectivity index (χ1n) is 12.2. The number of amides is 1. The van der Waals surface area contributed by atoms with Crippen LogP contribution in [-0.2, 0) is 22.6 Å². The Morgan fingerprint density at radius 3 is 2.20 bits per heavy atom. The molecular weight excluding hydrogens is 534 g/mol. The van der Waals surface area contributed by atoms with E-state index < -0.39 is 11.3 Å². The van der Waals surface area contributed by atoms with Crippen LogP contribution < -0.4 is 30.1 Å². The number of para-hydroxylation sites is 2. The van der Waals surface area contributed by atoms with E-state index in [1.807, 2.05) is 6.07 Å². The van der Waals surface area contributed by atoms with Gasteiger partial charge in [-0.05, 0) is 43.9 Å². The van der Waals surface area contributed by atoms with Crippen LogP contribution in [0.1, 0.15) is 5.56 Å². The quantitative estimate of drug-likeness (QED) is 0.231. The molecule has 1 amide bonds. The topological polar surface area (TPSA) is 158 Å². The highest BCUT2D eigenvalue weighted by Crippen LogP contribution is 2.38. The van der Waals surface area contributed by atoms with Crippen LogP contribution in [0.3, 0.4) is 0 Å². The van der Waals surface area contributed by atoms with E-state index in [-0.39, 0.29) is 36.3 Å². The number of rotatable bonds is 11. The van der Waals surface area contributed by atoms with Crippen LogP contribution in [0.15, 0.2) is 60.7 Å². The number of likely N-dealkylation sites (N-methyl/N-ethyl adjacent to an activating group) is 1. The standard InChI is InChI=1S/C27H31N7O5S/c1-33(2)16-25(35)29-18-10-9-17(15-28)24(13-18)34(40(36)37)27-26(31-22-7-5-6-8-23(22)32-27)30-19-11-20(38-3)14-21(12-19)39-4/h5-14H,15-16,28H2,1-4H3,(H,29,35)(H,30,31)(H,36,37)/p-1. The maximum Gasteiger partial charge on any atom is 0.238 e. The minimum absolute atomic E-state index is 0.000267. The Kier molecular flexibility index (Phi) is 9.11. The number of methoxy groups -OCH3 is 2. The zero-order valence-corrected chi connectivity index (χ0v) is 23.3. The van der Waals surface area contributed by atoms with Gasteiger partial charge in [0.15, 0.2) is 11.6 Å². The Bertz CT molecular complexity index is 1530. The molecule has 4 rings (SSSR count). The van der Waals surface area contributed by atoms with E-state index in [2.05, 4.69) is 15.6 Å². The molecule has 1 aromatic heterocycles. The monoisotopic (exact) mass is 564 g/mol. The van der Waals surface area contributed by atoms with Crippen LogP contribution in [0.4, 0.5) is 28.7 Å². The zero-order valence-electron chi connectivity index (χ0n) is 22.5. The summed E-state index contributed by atoms with van der Waals surface area (Å²) < 4.78 is 37.4. The number of aromatic nitrogens is 2. The van der Waals surface area contributed by atoms with Gasteiger partial charge in [0, 0.05) is 36.1 Å². The molecular formula is C27H30N7O5S-. The molecule has 0 radical (unpaired) electrons. The van der Waals surface area contributed by atoms with Gasteiger partial charge in [0.1, 0.15) is 11.5 Å². The van der Waals surface area contributed by atoms with Gasteiger partial charge in [0.2, 0.25) is 5.91 Å². The van der Waals surface area contributed by atoms with Crippen molar-refractivity contribution in [1.82, 2.24) is 14.9 Å². The molecule has 1 unspecified atom stereocenters. The number of carbonyl (C=O) groups excluding carboxylic acids is 1. The van der Waals surface area contributed by atoms with Crippen LogP contribution in [0.25, 0.3) is 11.0 Å². The van der Waals surface area contributed by atoms with Gasteiger partial charge in [-0.15, -0.1) is 0 Å². The number of hydrogen-bond acceptors (Lipinski definition) is 10. The van der Waals surface area contributed by atoms with E-state index in [9.17, 15) is 13.6 Å². The van der Waals surface area contributed by atoms with E-state index >= 15 is 0 Å². The van der Waals surface area contributed by atoms with Crippen molar-refractivity contribution in [1.29, 1.82) is 0 Å². The Balaban J connectivity index is 1.88. The third kappa shape index (κ3) is 6.63. The summed E-state index contributed by atoms with van der Waals surface area (Å²) in [5.74, 6) is 0.940. The number of fused-ring (bicyclic) bond motifs is 1. The molecule has 0 aliphatic carbocycles. The highest BCUT2D eigenvalue weighted by Gasteiger charge is 2.23. The smallest absolute Gasteiger partial charge is 0.238 e. The molecule has 0 fully saturated rings. The molecule has 210 valence electrons. The van der Waals surface area contributed by atoms with E-state index in [4.69, 9.17) is 20.2 Å². The number of carbonyl (C=O) groups is 1. The molecule has 0 spiro atoms. The van der Waals surface area contributed by atoms with E-state index in [0.29, 0.717) is 39.5 Å². The molecule has 1 heterocycles. The summed E-state index contributed by atoms with van der Waals surface area (Å²) >= 11 is -2.86. The molecule has 4 N–H and O–H groups in total. The highest BCUT2D eigenvalue weighted by atomic mass is 32.2. The molecule has 0 saturated heterocycles. The van der Waals surface area contributed by atoms with Gasteiger partial charge < -0.3 is 35.3 Å².